The number of amides is 2. The molecule has 2 saturated carbocycles. The van der Waals surface area contributed by atoms with E-state index in [1.165, 1.54) is 71.1 Å². The van der Waals surface area contributed by atoms with Gasteiger partial charge in [0.25, 0.3) is 11.8 Å². The highest BCUT2D eigenvalue weighted by Crippen LogP contribution is 2.47. The quantitative estimate of drug-likeness (QED) is 0.485. The van der Waals surface area contributed by atoms with Gasteiger partial charge >= 0.3 is 0 Å². The molecule has 2 aliphatic carbocycles. The highest BCUT2D eigenvalue weighted by Gasteiger charge is 2.45. The average Bonchev–Trinajstić information content (AvgIpc) is 3.00. The third-order valence-corrected chi connectivity index (χ3v) is 7.66. The molecule has 2 atom stereocenters. The zero-order valence-electron chi connectivity index (χ0n) is 17.8. The predicted octanol–water partition coefficient (Wildman–Crippen LogP) is 1.87. The molecule has 1 saturated heterocycles. The number of carbonyl (C=O) groups is 2. The van der Waals surface area contributed by atoms with Crippen molar-refractivity contribution >= 4 is 19.4 Å². The summed E-state index contributed by atoms with van der Waals surface area (Å²) in [6, 6.07) is 1.99. The number of nitrogens with zero attached hydrogens (tertiary/aromatic N) is 1. The molecule has 1 aliphatic heterocycles. The highest BCUT2D eigenvalue weighted by atomic mass is 31.2. The lowest BCUT2D eigenvalue weighted by Crippen LogP contribution is -2.95. The summed E-state index contributed by atoms with van der Waals surface area (Å²) in [6.07, 6.45) is 14.5. The Morgan fingerprint density at radius 1 is 0.966 bits per heavy atom. The van der Waals surface area contributed by atoms with Crippen molar-refractivity contribution in [2.45, 2.75) is 102 Å². The van der Waals surface area contributed by atoms with Gasteiger partial charge in [0, 0.05) is 6.42 Å². The number of carbonyl (C=O) groups excluding carboxylic acids is 2. The first-order valence-electron chi connectivity index (χ1n) is 11.2. The molecule has 0 bridgehead atoms. The zero-order chi connectivity index (χ0) is 21.3. The molecule has 0 aromatic heterocycles. The van der Waals surface area contributed by atoms with Crippen molar-refractivity contribution in [3.8, 4) is 0 Å². The first kappa shape index (κ1) is 24.5. The van der Waals surface area contributed by atoms with Gasteiger partial charge in [-0.1, -0.05) is 12.8 Å². The molecule has 2 amide bonds. The second kappa shape index (κ2) is 12.2. The summed E-state index contributed by atoms with van der Waals surface area (Å²) in [4.78, 5) is 39.1. The summed E-state index contributed by atoms with van der Waals surface area (Å²) in [7, 11) is -4.34. The summed E-state index contributed by atoms with van der Waals surface area (Å²) in [5.41, 5.74) is -1.45. The lowest BCUT2D eigenvalue weighted by atomic mass is 9.91. The number of hydroxylamine groups is 2. The Hall–Kier alpha value is -0.790. The molecule has 0 aromatic carbocycles. The van der Waals surface area contributed by atoms with Gasteiger partial charge in [-0.2, -0.15) is 5.06 Å². The number of hydrogen-bond acceptors (Lipinski definition) is 6. The topological polar surface area (TPSA) is 113 Å². The Morgan fingerprint density at radius 2 is 1.48 bits per heavy atom. The number of hydrogen-bond donors (Lipinski definition) is 1. The van der Waals surface area contributed by atoms with Crippen LogP contribution in [0.2, 0.25) is 0 Å². The number of imide groups is 1. The van der Waals surface area contributed by atoms with Crippen LogP contribution in [0, 0.1) is 0 Å². The fourth-order valence-corrected chi connectivity index (χ4v) is 5.71. The normalized spacial score (nSPS) is 26.2. The molecule has 2 unspecified atom stereocenters. The summed E-state index contributed by atoms with van der Waals surface area (Å²) in [5.74, 6) is -1.54. The van der Waals surface area contributed by atoms with E-state index in [1.54, 1.807) is 6.92 Å². The van der Waals surface area contributed by atoms with Gasteiger partial charge in [0.1, 0.15) is 13.3 Å². The molecule has 8 nitrogen and oxygen atoms in total. The van der Waals surface area contributed by atoms with Crippen LogP contribution in [0.1, 0.15) is 84.5 Å². The molecule has 0 spiro atoms. The maximum absolute atomic E-state index is 11.6. The summed E-state index contributed by atoms with van der Waals surface area (Å²) < 4.78 is 16.0. The van der Waals surface area contributed by atoms with E-state index in [4.69, 9.17) is 4.84 Å². The van der Waals surface area contributed by atoms with Crippen LogP contribution in [-0.4, -0.2) is 47.8 Å². The molecule has 3 rings (SSSR count). The third-order valence-electron chi connectivity index (χ3n) is 5.87. The monoisotopic (exact) mass is 432 g/mol. The lowest BCUT2D eigenvalue weighted by Gasteiger charge is -2.27. The smallest absolute Gasteiger partial charge is 0.265 e. The van der Waals surface area contributed by atoms with Gasteiger partial charge in [-0.15, -0.1) is 0 Å². The largest absolute Gasteiger partial charge is 0.778 e. The van der Waals surface area contributed by atoms with E-state index >= 15 is 0 Å². The van der Waals surface area contributed by atoms with Crippen molar-refractivity contribution < 1.29 is 33.7 Å². The molecule has 2 N–H and O–H groups in total. The van der Waals surface area contributed by atoms with E-state index in [0.29, 0.717) is 5.06 Å². The van der Waals surface area contributed by atoms with Crippen LogP contribution in [0.25, 0.3) is 0 Å². The van der Waals surface area contributed by atoms with Crippen LogP contribution in [0.15, 0.2) is 0 Å². The Kier molecular flexibility index (Phi) is 10.3. The SMILES string of the molecule is C1CCC([NH2+]C2CCCCC2)CC1.CCON1C(=O)CC(P(=O)([O-])OCC)C1=O. The Balaban J connectivity index is 0.000000211. The van der Waals surface area contributed by atoms with Crippen LogP contribution in [0.5, 0.6) is 0 Å². The number of nitrogens with two attached hydrogens (primary N) is 1. The van der Waals surface area contributed by atoms with Gasteiger partial charge in [0.05, 0.1) is 25.3 Å². The lowest BCUT2D eigenvalue weighted by molar-refractivity contribution is -0.725. The number of quaternary nitrogens is 1. The van der Waals surface area contributed by atoms with Crippen LogP contribution in [0.3, 0.4) is 0 Å². The molecular formula is C20H37N2O6P. The molecule has 168 valence electrons. The molecular weight excluding hydrogens is 395 g/mol. The average molecular weight is 432 g/mol. The van der Waals surface area contributed by atoms with E-state index in [1.807, 2.05) is 0 Å². The molecule has 3 fully saturated rings. The molecule has 3 aliphatic rings. The summed E-state index contributed by atoms with van der Waals surface area (Å²) in [5, 5.41) is 3.21. The van der Waals surface area contributed by atoms with Gasteiger partial charge in [0.2, 0.25) is 0 Å². The minimum Gasteiger partial charge on any atom is -0.778 e. The minimum atomic E-state index is -4.34. The van der Waals surface area contributed by atoms with Crippen LogP contribution in [-0.2, 0) is 23.5 Å². The van der Waals surface area contributed by atoms with Crippen molar-refractivity contribution in [1.29, 1.82) is 0 Å². The van der Waals surface area contributed by atoms with Gasteiger partial charge in [0.15, 0.2) is 0 Å². The van der Waals surface area contributed by atoms with Crippen LogP contribution < -0.4 is 10.2 Å². The number of rotatable bonds is 7. The standard InChI is InChI=1S/C12H23N.C8H14NO6P/c1-3-7-11(8-4-1)13-12-9-5-2-6-10-12;1-3-14-9-7(10)5-6(8(9)11)16(12,13)15-4-2/h11-13H,1-10H2;6H,3-5H2,1-2H3,(H,12,13). The zero-order valence-corrected chi connectivity index (χ0v) is 18.7. The fourth-order valence-electron chi connectivity index (χ4n) is 4.41. The molecule has 0 radical (unpaired) electrons. The first-order chi connectivity index (χ1) is 13.9. The van der Waals surface area contributed by atoms with E-state index in [0.717, 1.165) is 12.1 Å². The van der Waals surface area contributed by atoms with E-state index < -0.39 is 31.5 Å². The van der Waals surface area contributed by atoms with Crippen molar-refractivity contribution in [2.75, 3.05) is 13.2 Å². The van der Waals surface area contributed by atoms with Gasteiger partial charge in [-0.3, -0.25) is 14.4 Å². The second-order valence-corrected chi connectivity index (χ2v) is 10.1. The van der Waals surface area contributed by atoms with Crippen LogP contribution in [0.4, 0.5) is 0 Å². The Labute approximate surface area is 174 Å². The summed E-state index contributed by atoms with van der Waals surface area (Å²) in [6.45, 7) is 3.13. The fraction of sp³-hybridized carbons (Fsp3) is 0.900. The summed E-state index contributed by atoms with van der Waals surface area (Å²) >= 11 is 0. The van der Waals surface area contributed by atoms with E-state index in [2.05, 4.69) is 9.84 Å². The molecule has 1 heterocycles. The van der Waals surface area contributed by atoms with Crippen LogP contribution >= 0.6 is 7.60 Å². The maximum Gasteiger partial charge on any atom is 0.265 e. The molecule has 0 aromatic rings. The van der Waals surface area contributed by atoms with Gasteiger partial charge in [-0.25, -0.2) is 0 Å². The van der Waals surface area contributed by atoms with Crippen molar-refractivity contribution in [2.24, 2.45) is 0 Å². The van der Waals surface area contributed by atoms with Crippen molar-refractivity contribution in [1.82, 2.24) is 5.06 Å². The van der Waals surface area contributed by atoms with Crippen molar-refractivity contribution in [3.63, 3.8) is 0 Å². The molecule has 29 heavy (non-hydrogen) atoms. The third kappa shape index (κ3) is 7.44. The van der Waals surface area contributed by atoms with Gasteiger partial charge < -0.3 is 19.3 Å². The second-order valence-electron chi connectivity index (χ2n) is 8.11. The van der Waals surface area contributed by atoms with Gasteiger partial charge in [-0.05, 0) is 65.2 Å². The Bertz CT molecular complexity index is 559. The highest BCUT2D eigenvalue weighted by molar-refractivity contribution is 7.53. The Morgan fingerprint density at radius 3 is 1.93 bits per heavy atom. The first-order valence-corrected chi connectivity index (χ1v) is 12.8. The maximum atomic E-state index is 11.6. The minimum absolute atomic E-state index is 0.0621. The van der Waals surface area contributed by atoms with E-state index in [-0.39, 0.29) is 13.2 Å². The predicted molar refractivity (Wildman–Crippen MR) is 107 cm³/mol. The molecule has 9 heteroatoms. The van der Waals surface area contributed by atoms with E-state index in [9.17, 15) is 19.0 Å². The van der Waals surface area contributed by atoms with Crippen molar-refractivity contribution in [3.05, 3.63) is 0 Å².